The van der Waals surface area contributed by atoms with Crippen molar-refractivity contribution in [2.45, 2.75) is 95.2 Å². The summed E-state index contributed by atoms with van der Waals surface area (Å²) < 4.78 is 0. The van der Waals surface area contributed by atoms with Crippen LogP contribution in [-0.2, 0) is 4.84 Å². The minimum atomic E-state index is 0.210. The number of quaternary nitrogens is 2. The van der Waals surface area contributed by atoms with E-state index < -0.39 is 0 Å². The van der Waals surface area contributed by atoms with Gasteiger partial charge in [-0.25, -0.2) is 0 Å². The van der Waals surface area contributed by atoms with Crippen LogP contribution in [0.25, 0.3) is 0 Å². The van der Waals surface area contributed by atoms with E-state index in [0.29, 0.717) is 24.3 Å². The number of piperidine rings is 1. The molecule has 28 heavy (non-hydrogen) atoms. The monoisotopic (exact) mass is 393 g/mol. The smallest absolute Gasteiger partial charge is 0.183 e. The van der Waals surface area contributed by atoms with E-state index in [-0.39, 0.29) is 6.23 Å². The first-order chi connectivity index (χ1) is 13.9. The second-order valence-corrected chi connectivity index (χ2v) is 10.3. The lowest BCUT2D eigenvalue weighted by atomic mass is 9.88. The van der Waals surface area contributed by atoms with E-state index in [2.05, 4.69) is 21.0 Å². The van der Waals surface area contributed by atoms with Crippen molar-refractivity contribution in [1.82, 2.24) is 15.7 Å². The average Bonchev–Trinajstić information content (AvgIpc) is 3.50. The molecule has 6 heteroatoms. The predicted octanol–water partition coefficient (Wildman–Crippen LogP) is -0.214. The Hall–Kier alpha value is -0.240. The molecule has 4 heterocycles. The van der Waals surface area contributed by atoms with Gasteiger partial charge in [-0.05, 0) is 25.7 Å². The molecule has 6 atom stereocenters. The molecule has 4 aliphatic heterocycles. The van der Waals surface area contributed by atoms with Crippen molar-refractivity contribution in [3.63, 3.8) is 0 Å². The van der Waals surface area contributed by atoms with Crippen LogP contribution in [0.15, 0.2) is 0 Å². The highest BCUT2D eigenvalue weighted by Crippen LogP contribution is 2.25. The molecule has 6 unspecified atom stereocenters. The molecular formula is C22H43N5O+2. The Bertz CT molecular complexity index is 493. The van der Waals surface area contributed by atoms with Gasteiger partial charge in [0.15, 0.2) is 6.23 Å². The number of hydrogen-bond acceptors (Lipinski definition) is 4. The third kappa shape index (κ3) is 4.42. The van der Waals surface area contributed by atoms with Gasteiger partial charge in [0.1, 0.15) is 12.2 Å². The minimum Gasteiger partial charge on any atom is -0.331 e. The lowest BCUT2D eigenvalue weighted by Crippen LogP contribution is -3.15. The van der Waals surface area contributed by atoms with Gasteiger partial charge in [0.2, 0.25) is 0 Å². The predicted molar refractivity (Wildman–Crippen MR) is 109 cm³/mol. The van der Waals surface area contributed by atoms with E-state index in [9.17, 15) is 0 Å². The van der Waals surface area contributed by atoms with E-state index in [0.717, 1.165) is 5.92 Å². The molecule has 0 aromatic carbocycles. The number of likely N-dealkylation sites (tertiary alicyclic amines) is 2. The molecule has 5 fully saturated rings. The maximum atomic E-state index is 6.18. The number of nitrogens with two attached hydrogens (primary N) is 1. The molecule has 0 radical (unpaired) electrons. The topological polar surface area (TPSA) is 57.6 Å². The molecule has 0 amide bonds. The normalized spacial score (nSPS) is 43.7. The minimum absolute atomic E-state index is 0.210. The van der Waals surface area contributed by atoms with Crippen molar-refractivity contribution >= 4 is 0 Å². The maximum absolute atomic E-state index is 6.18. The van der Waals surface area contributed by atoms with Crippen molar-refractivity contribution in [3.8, 4) is 0 Å². The molecule has 160 valence electrons. The van der Waals surface area contributed by atoms with Crippen LogP contribution in [0.1, 0.15) is 70.6 Å². The summed E-state index contributed by atoms with van der Waals surface area (Å²) in [7, 11) is 0. The summed E-state index contributed by atoms with van der Waals surface area (Å²) in [6, 6.07) is 0.643. The summed E-state index contributed by atoms with van der Waals surface area (Å²) >= 11 is 0. The SMILES string of the molecule is C1CCC(C[NH+]2CCCC2C2NC(C3CC[NH2+]C(N4CCCC4)C3)NO2)CC1. The van der Waals surface area contributed by atoms with Crippen LogP contribution < -0.4 is 21.0 Å². The molecular weight excluding hydrogens is 350 g/mol. The Balaban J connectivity index is 1.14. The van der Waals surface area contributed by atoms with Gasteiger partial charge in [0.05, 0.1) is 25.8 Å². The Morgan fingerprint density at radius 1 is 0.964 bits per heavy atom. The summed E-state index contributed by atoms with van der Waals surface area (Å²) in [4.78, 5) is 10.7. The third-order valence-electron chi connectivity index (χ3n) is 8.45. The first kappa shape index (κ1) is 19.7. The Morgan fingerprint density at radius 2 is 1.82 bits per heavy atom. The van der Waals surface area contributed by atoms with Crippen molar-refractivity contribution in [2.24, 2.45) is 11.8 Å². The number of hydrogen-bond donors (Lipinski definition) is 4. The van der Waals surface area contributed by atoms with E-state index in [4.69, 9.17) is 4.84 Å². The van der Waals surface area contributed by atoms with Crippen molar-refractivity contribution in [1.29, 1.82) is 0 Å². The van der Waals surface area contributed by atoms with Crippen LogP contribution in [0.5, 0.6) is 0 Å². The van der Waals surface area contributed by atoms with Gasteiger partial charge >= 0.3 is 0 Å². The molecule has 1 aliphatic carbocycles. The molecule has 5 N–H and O–H groups in total. The molecule has 0 aromatic heterocycles. The van der Waals surface area contributed by atoms with Gasteiger partial charge in [-0.1, -0.05) is 19.3 Å². The van der Waals surface area contributed by atoms with E-state index in [1.165, 1.54) is 103 Å². The summed E-state index contributed by atoms with van der Waals surface area (Å²) in [5.41, 5.74) is 3.43. The van der Waals surface area contributed by atoms with E-state index in [1.54, 1.807) is 0 Å². The highest BCUT2D eigenvalue weighted by Gasteiger charge is 2.44. The van der Waals surface area contributed by atoms with Gasteiger partial charge < -0.3 is 10.2 Å². The van der Waals surface area contributed by atoms with Gasteiger partial charge in [0, 0.05) is 50.6 Å². The molecule has 5 aliphatic rings. The number of nitrogens with zero attached hydrogens (tertiary/aromatic N) is 1. The van der Waals surface area contributed by atoms with Crippen molar-refractivity contribution < 1.29 is 15.1 Å². The summed E-state index contributed by atoms with van der Waals surface area (Å²) in [6.45, 7) is 6.61. The number of nitrogens with one attached hydrogen (secondary N) is 3. The van der Waals surface area contributed by atoms with Gasteiger partial charge in [-0.2, -0.15) is 5.48 Å². The second-order valence-electron chi connectivity index (χ2n) is 10.3. The van der Waals surface area contributed by atoms with Crippen LogP contribution in [-0.4, -0.2) is 62.2 Å². The molecule has 0 spiro atoms. The van der Waals surface area contributed by atoms with Gasteiger partial charge in [-0.15, -0.1) is 0 Å². The molecule has 4 saturated heterocycles. The number of rotatable bonds is 5. The van der Waals surface area contributed by atoms with Gasteiger partial charge in [0.25, 0.3) is 0 Å². The van der Waals surface area contributed by atoms with Crippen LogP contribution in [0.2, 0.25) is 0 Å². The highest BCUT2D eigenvalue weighted by atomic mass is 16.7. The first-order valence-electron chi connectivity index (χ1n) is 12.5. The quantitative estimate of drug-likeness (QED) is 0.522. The van der Waals surface area contributed by atoms with Crippen LogP contribution in [0.3, 0.4) is 0 Å². The highest BCUT2D eigenvalue weighted by molar-refractivity contribution is 4.85. The number of hydroxylamine groups is 1. The molecule has 0 aromatic rings. The summed E-state index contributed by atoms with van der Waals surface area (Å²) in [5.74, 6) is 1.66. The molecule has 5 rings (SSSR count). The fourth-order valence-corrected chi connectivity index (χ4v) is 6.84. The fraction of sp³-hybridized carbons (Fsp3) is 1.00. The lowest BCUT2D eigenvalue weighted by molar-refractivity contribution is -0.919. The van der Waals surface area contributed by atoms with Crippen LogP contribution >= 0.6 is 0 Å². The largest absolute Gasteiger partial charge is 0.331 e. The van der Waals surface area contributed by atoms with Crippen LogP contribution in [0.4, 0.5) is 0 Å². The average molecular weight is 394 g/mol. The summed E-state index contributed by atoms with van der Waals surface area (Å²) in [5, 5.41) is 6.48. The standard InChI is InChI=1S/C22H41N5O/c1-2-7-17(8-3-1)16-27-14-6-9-19(27)22-24-21(25-28-22)18-10-11-23-20(15-18)26-12-4-5-13-26/h17-25H,1-16H2/p+2. The zero-order valence-corrected chi connectivity index (χ0v) is 17.7. The van der Waals surface area contributed by atoms with E-state index in [1.807, 2.05) is 4.90 Å². The van der Waals surface area contributed by atoms with Crippen molar-refractivity contribution in [3.05, 3.63) is 0 Å². The third-order valence-corrected chi connectivity index (χ3v) is 8.45. The summed E-state index contributed by atoms with van der Waals surface area (Å²) in [6.07, 6.45) is 16.6. The van der Waals surface area contributed by atoms with Crippen LogP contribution in [0, 0.1) is 11.8 Å². The fourth-order valence-electron chi connectivity index (χ4n) is 6.84. The zero-order chi connectivity index (χ0) is 18.8. The Labute approximate surface area is 171 Å². The van der Waals surface area contributed by atoms with Gasteiger partial charge in [-0.3, -0.25) is 15.1 Å². The maximum Gasteiger partial charge on any atom is 0.183 e. The molecule has 6 nitrogen and oxygen atoms in total. The lowest BCUT2D eigenvalue weighted by Gasteiger charge is -2.35. The second kappa shape index (κ2) is 9.27. The van der Waals surface area contributed by atoms with Crippen molar-refractivity contribution in [2.75, 3.05) is 32.7 Å². The molecule has 0 bridgehead atoms. The Kier molecular flexibility index (Phi) is 6.53. The first-order valence-corrected chi connectivity index (χ1v) is 12.5. The molecule has 1 saturated carbocycles. The zero-order valence-electron chi connectivity index (χ0n) is 17.7. The Morgan fingerprint density at radius 3 is 2.68 bits per heavy atom. The van der Waals surface area contributed by atoms with E-state index >= 15 is 0 Å².